The number of methoxy groups -OCH3 is 1. The first-order chi connectivity index (χ1) is 11.8. The molecule has 0 radical (unpaired) electrons. The molecule has 1 atom stereocenters. The standard InChI is InChI=1S/C20H29NO5/c1-19(2,3)14-10-8-13(9-11-14)17(23)21-15(18(24)25-7)12-16(22)26-20(4,5)6/h8-11,15H,12H2,1-7H3,(H,21,23)/t15-/m0/s1. The molecule has 6 heteroatoms. The van der Waals surface area contributed by atoms with Gasteiger partial charge in [-0.05, 0) is 43.9 Å². The van der Waals surface area contributed by atoms with Crippen molar-refractivity contribution in [2.24, 2.45) is 0 Å². The van der Waals surface area contributed by atoms with Crippen LogP contribution in [0.15, 0.2) is 24.3 Å². The Morgan fingerprint density at radius 3 is 1.96 bits per heavy atom. The summed E-state index contributed by atoms with van der Waals surface area (Å²) in [6.07, 6.45) is -0.296. The molecule has 26 heavy (non-hydrogen) atoms. The van der Waals surface area contributed by atoms with E-state index in [1.165, 1.54) is 7.11 Å². The summed E-state index contributed by atoms with van der Waals surface area (Å²) < 4.78 is 9.89. The van der Waals surface area contributed by atoms with Crippen molar-refractivity contribution in [1.82, 2.24) is 5.32 Å². The van der Waals surface area contributed by atoms with E-state index in [2.05, 4.69) is 30.8 Å². The van der Waals surface area contributed by atoms with Gasteiger partial charge in [-0.2, -0.15) is 0 Å². The predicted octanol–water partition coefficient (Wildman–Crippen LogP) is 2.99. The van der Waals surface area contributed by atoms with E-state index in [4.69, 9.17) is 4.74 Å². The van der Waals surface area contributed by atoms with Gasteiger partial charge in [0.1, 0.15) is 11.6 Å². The lowest BCUT2D eigenvalue weighted by Gasteiger charge is -2.22. The summed E-state index contributed by atoms with van der Waals surface area (Å²) in [5, 5.41) is 2.54. The van der Waals surface area contributed by atoms with Crippen molar-refractivity contribution in [3.8, 4) is 0 Å². The minimum atomic E-state index is -1.11. The summed E-state index contributed by atoms with van der Waals surface area (Å²) in [5.41, 5.74) is 0.786. The maximum absolute atomic E-state index is 12.4. The maximum atomic E-state index is 12.4. The monoisotopic (exact) mass is 363 g/mol. The molecule has 0 saturated heterocycles. The van der Waals surface area contributed by atoms with Crippen LogP contribution in [-0.2, 0) is 24.5 Å². The summed E-state index contributed by atoms with van der Waals surface area (Å²) in [7, 11) is 1.20. The fraction of sp³-hybridized carbons (Fsp3) is 0.550. The maximum Gasteiger partial charge on any atom is 0.328 e. The lowest BCUT2D eigenvalue weighted by Crippen LogP contribution is -2.43. The van der Waals surface area contributed by atoms with E-state index in [1.807, 2.05) is 12.1 Å². The molecule has 1 aromatic rings. The lowest BCUT2D eigenvalue weighted by molar-refractivity contribution is -0.158. The molecule has 0 saturated carbocycles. The fourth-order valence-corrected chi connectivity index (χ4v) is 2.25. The molecule has 0 heterocycles. The van der Waals surface area contributed by atoms with Crippen molar-refractivity contribution in [2.75, 3.05) is 7.11 Å². The Kier molecular flexibility index (Phi) is 6.95. The summed E-state index contributed by atoms with van der Waals surface area (Å²) in [4.78, 5) is 36.3. The normalized spacial score (nSPS) is 12.9. The number of carbonyl (C=O) groups is 3. The fourth-order valence-electron chi connectivity index (χ4n) is 2.25. The minimum absolute atomic E-state index is 0.0275. The topological polar surface area (TPSA) is 81.7 Å². The molecule has 1 N–H and O–H groups in total. The number of rotatable bonds is 5. The zero-order chi connectivity index (χ0) is 20.1. The van der Waals surface area contributed by atoms with Crippen LogP contribution in [0.4, 0.5) is 0 Å². The van der Waals surface area contributed by atoms with E-state index in [0.29, 0.717) is 5.56 Å². The van der Waals surface area contributed by atoms with Gasteiger partial charge in [-0.15, -0.1) is 0 Å². The molecule has 1 aromatic carbocycles. The highest BCUT2D eigenvalue weighted by atomic mass is 16.6. The first-order valence-corrected chi connectivity index (χ1v) is 8.54. The summed E-state index contributed by atoms with van der Waals surface area (Å²) in [6, 6.07) is 6.02. The van der Waals surface area contributed by atoms with Gasteiger partial charge in [0.2, 0.25) is 0 Å². The van der Waals surface area contributed by atoms with E-state index in [1.54, 1.807) is 32.9 Å². The average molecular weight is 363 g/mol. The second-order valence-corrected chi connectivity index (χ2v) is 8.17. The third kappa shape index (κ3) is 6.86. The van der Waals surface area contributed by atoms with Gasteiger partial charge in [0.05, 0.1) is 13.5 Å². The number of nitrogens with one attached hydrogen (secondary N) is 1. The molecule has 1 rings (SSSR count). The molecule has 0 aliphatic heterocycles. The van der Waals surface area contributed by atoms with E-state index in [9.17, 15) is 14.4 Å². The predicted molar refractivity (Wildman–Crippen MR) is 98.9 cm³/mol. The van der Waals surface area contributed by atoms with Crippen LogP contribution in [0.2, 0.25) is 0 Å². The molecule has 1 amide bonds. The number of ether oxygens (including phenoxy) is 2. The van der Waals surface area contributed by atoms with E-state index < -0.39 is 29.5 Å². The van der Waals surface area contributed by atoms with Crippen LogP contribution in [0.3, 0.4) is 0 Å². The van der Waals surface area contributed by atoms with Gasteiger partial charge in [0.25, 0.3) is 5.91 Å². The van der Waals surface area contributed by atoms with Crippen molar-refractivity contribution < 1.29 is 23.9 Å². The molecule has 0 aliphatic carbocycles. The van der Waals surface area contributed by atoms with Crippen LogP contribution >= 0.6 is 0 Å². The Bertz CT molecular complexity index is 650. The lowest BCUT2D eigenvalue weighted by atomic mass is 9.86. The largest absolute Gasteiger partial charge is 0.467 e. The van der Waals surface area contributed by atoms with Crippen LogP contribution < -0.4 is 5.32 Å². The second kappa shape index (κ2) is 8.34. The Balaban J connectivity index is 2.86. The van der Waals surface area contributed by atoms with E-state index >= 15 is 0 Å². The number of hydrogen-bond acceptors (Lipinski definition) is 5. The Morgan fingerprint density at radius 2 is 1.54 bits per heavy atom. The molecule has 0 aliphatic rings. The average Bonchev–Trinajstić information content (AvgIpc) is 2.50. The second-order valence-electron chi connectivity index (χ2n) is 8.17. The highest BCUT2D eigenvalue weighted by molar-refractivity contribution is 5.97. The van der Waals surface area contributed by atoms with Crippen molar-refractivity contribution in [3.63, 3.8) is 0 Å². The molecule has 0 bridgehead atoms. The first kappa shape index (κ1) is 21.7. The van der Waals surface area contributed by atoms with Crippen LogP contribution in [0.5, 0.6) is 0 Å². The summed E-state index contributed by atoms with van der Waals surface area (Å²) in [5.74, 6) is -1.74. The summed E-state index contributed by atoms with van der Waals surface area (Å²) >= 11 is 0. The van der Waals surface area contributed by atoms with Gasteiger partial charge in [-0.25, -0.2) is 4.79 Å². The number of benzene rings is 1. The zero-order valence-electron chi connectivity index (χ0n) is 16.6. The zero-order valence-corrected chi connectivity index (χ0v) is 16.6. The highest BCUT2D eigenvalue weighted by Crippen LogP contribution is 2.22. The van der Waals surface area contributed by atoms with Crippen molar-refractivity contribution in [1.29, 1.82) is 0 Å². The van der Waals surface area contributed by atoms with Gasteiger partial charge in [0.15, 0.2) is 0 Å². The minimum Gasteiger partial charge on any atom is -0.467 e. The molecule has 6 nitrogen and oxygen atoms in total. The van der Waals surface area contributed by atoms with Gasteiger partial charge >= 0.3 is 11.9 Å². The highest BCUT2D eigenvalue weighted by Gasteiger charge is 2.28. The molecular weight excluding hydrogens is 334 g/mol. The molecule has 0 fully saturated rings. The Hall–Kier alpha value is -2.37. The molecule has 0 spiro atoms. The quantitative estimate of drug-likeness (QED) is 0.813. The van der Waals surface area contributed by atoms with Crippen molar-refractivity contribution in [3.05, 3.63) is 35.4 Å². The van der Waals surface area contributed by atoms with Crippen molar-refractivity contribution in [2.45, 2.75) is 65.0 Å². The summed E-state index contributed by atoms with van der Waals surface area (Å²) in [6.45, 7) is 11.4. The number of carbonyl (C=O) groups excluding carboxylic acids is 3. The van der Waals surface area contributed by atoms with Gasteiger partial charge in [-0.3, -0.25) is 9.59 Å². The van der Waals surface area contributed by atoms with Gasteiger partial charge < -0.3 is 14.8 Å². The van der Waals surface area contributed by atoms with Crippen molar-refractivity contribution >= 4 is 17.8 Å². The first-order valence-electron chi connectivity index (χ1n) is 8.54. The van der Waals surface area contributed by atoms with Crippen LogP contribution in [0.1, 0.15) is 63.9 Å². The molecular formula is C20H29NO5. The van der Waals surface area contributed by atoms with Crippen LogP contribution in [0.25, 0.3) is 0 Å². The third-order valence-corrected chi connectivity index (χ3v) is 3.59. The smallest absolute Gasteiger partial charge is 0.328 e. The number of esters is 2. The van der Waals surface area contributed by atoms with Gasteiger partial charge in [-0.1, -0.05) is 32.9 Å². The van der Waals surface area contributed by atoms with Crippen LogP contribution in [-0.4, -0.2) is 36.6 Å². The molecule has 144 valence electrons. The number of amides is 1. The number of hydrogen-bond donors (Lipinski definition) is 1. The van der Waals surface area contributed by atoms with Crippen LogP contribution in [0, 0.1) is 0 Å². The molecule has 0 unspecified atom stereocenters. The SMILES string of the molecule is COC(=O)[C@H](CC(=O)OC(C)(C)C)NC(=O)c1ccc(C(C)(C)C)cc1. The molecule has 0 aromatic heterocycles. The third-order valence-electron chi connectivity index (χ3n) is 3.59. The van der Waals surface area contributed by atoms with E-state index in [0.717, 1.165) is 5.56 Å². The Morgan fingerprint density at radius 1 is 1.00 bits per heavy atom. The Labute approximate surface area is 155 Å². The van der Waals surface area contributed by atoms with E-state index in [-0.39, 0.29) is 11.8 Å². The van der Waals surface area contributed by atoms with Gasteiger partial charge in [0, 0.05) is 5.56 Å².